The first-order valence-electron chi connectivity index (χ1n) is 9.85. The lowest BCUT2D eigenvalue weighted by Gasteiger charge is -2.21. The Hall–Kier alpha value is -2.67. The van der Waals surface area contributed by atoms with Crippen LogP contribution in [-0.4, -0.2) is 51.1 Å². The van der Waals surface area contributed by atoms with E-state index >= 15 is 0 Å². The zero-order chi connectivity index (χ0) is 20.8. The van der Waals surface area contributed by atoms with Crippen molar-refractivity contribution in [3.8, 4) is 0 Å². The van der Waals surface area contributed by atoms with Crippen molar-refractivity contribution in [2.75, 3.05) is 39.1 Å². The van der Waals surface area contributed by atoms with Crippen LogP contribution in [0.5, 0.6) is 0 Å². The van der Waals surface area contributed by atoms with Gasteiger partial charge in [0.2, 0.25) is 0 Å². The van der Waals surface area contributed by atoms with Gasteiger partial charge < -0.3 is 20.4 Å². The minimum Gasteiger partial charge on any atom is -0.365 e. The summed E-state index contributed by atoms with van der Waals surface area (Å²) in [6.07, 6.45) is 0.785. The number of hydrogen-bond acceptors (Lipinski definition) is 3. The van der Waals surface area contributed by atoms with Gasteiger partial charge in [0.25, 0.3) is 0 Å². The monoisotopic (exact) mass is 401 g/mol. The lowest BCUT2D eigenvalue weighted by molar-refractivity contribution is 0.402. The highest BCUT2D eigenvalue weighted by Gasteiger charge is 2.27. The van der Waals surface area contributed by atoms with Gasteiger partial charge in [-0.1, -0.05) is 30.3 Å². The molecule has 1 aliphatic rings. The van der Waals surface area contributed by atoms with Crippen LogP contribution in [0.15, 0.2) is 47.5 Å². The van der Waals surface area contributed by atoms with Crippen LogP contribution in [0, 0.1) is 11.6 Å². The molecule has 1 saturated heterocycles. The molecule has 7 heteroatoms. The van der Waals surface area contributed by atoms with E-state index in [2.05, 4.69) is 58.9 Å². The zero-order valence-corrected chi connectivity index (χ0v) is 17.3. The summed E-state index contributed by atoms with van der Waals surface area (Å²) in [5, 5.41) is 6.67. The van der Waals surface area contributed by atoms with E-state index in [4.69, 9.17) is 0 Å². The second kappa shape index (κ2) is 9.69. The van der Waals surface area contributed by atoms with Gasteiger partial charge in [0.05, 0.1) is 0 Å². The van der Waals surface area contributed by atoms with E-state index in [0.717, 1.165) is 18.5 Å². The first-order chi connectivity index (χ1) is 14.0. The highest BCUT2D eigenvalue weighted by atomic mass is 19.1. The van der Waals surface area contributed by atoms with Crippen molar-refractivity contribution in [2.24, 2.45) is 4.99 Å². The van der Waals surface area contributed by atoms with Gasteiger partial charge in [-0.2, -0.15) is 0 Å². The van der Waals surface area contributed by atoms with Crippen LogP contribution in [0.1, 0.15) is 17.5 Å². The fraction of sp³-hybridized carbons (Fsp3) is 0.409. The van der Waals surface area contributed by atoms with Gasteiger partial charge in [0, 0.05) is 39.3 Å². The number of halogens is 2. The highest BCUT2D eigenvalue weighted by molar-refractivity contribution is 5.80. The molecule has 0 bridgehead atoms. The molecule has 2 N–H and O–H groups in total. The molecule has 1 heterocycles. The second-order valence-electron chi connectivity index (χ2n) is 7.63. The molecule has 1 aliphatic heterocycles. The van der Waals surface area contributed by atoms with Crippen LogP contribution in [-0.2, 0) is 13.1 Å². The molecular weight excluding hydrogens is 372 g/mol. The van der Waals surface area contributed by atoms with Gasteiger partial charge in [-0.05, 0) is 43.8 Å². The average molecular weight is 402 g/mol. The molecule has 0 aliphatic carbocycles. The lowest BCUT2D eigenvalue weighted by atomic mass is 10.1. The molecule has 0 saturated carbocycles. The zero-order valence-electron chi connectivity index (χ0n) is 17.3. The molecule has 0 aromatic heterocycles. The molecule has 3 rings (SSSR count). The van der Waals surface area contributed by atoms with Crippen molar-refractivity contribution >= 4 is 11.6 Å². The van der Waals surface area contributed by atoms with E-state index < -0.39 is 11.6 Å². The van der Waals surface area contributed by atoms with E-state index in [9.17, 15) is 8.78 Å². The van der Waals surface area contributed by atoms with E-state index in [0.29, 0.717) is 25.6 Å². The van der Waals surface area contributed by atoms with E-state index in [1.165, 1.54) is 23.8 Å². The number of anilines is 1. The number of benzene rings is 2. The van der Waals surface area contributed by atoms with Crippen LogP contribution >= 0.6 is 0 Å². The van der Waals surface area contributed by atoms with Gasteiger partial charge in [-0.15, -0.1) is 0 Å². The average Bonchev–Trinajstić information content (AvgIpc) is 3.13. The van der Waals surface area contributed by atoms with Crippen LogP contribution in [0.25, 0.3) is 0 Å². The lowest BCUT2D eigenvalue weighted by Crippen LogP contribution is -2.44. The van der Waals surface area contributed by atoms with Gasteiger partial charge in [0.15, 0.2) is 5.96 Å². The summed E-state index contributed by atoms with van der Waals surface area (Å²) in [5.74, 6) is -0.361. The standard InChI is InChI=1S/C22H29F2N5/c1-25-22(26-13-16-7-9-17(10-8-16)14-28(2)3)27-18-11-12-29(15-18)21-19(23)5-4-6-20(21)24/h4-10,18H,11-15H2,1-3H3,(H2,25,26,27). The van der Waals surface area contributed by atoms with E-state index in [-0.39, 0.29) is 11.7 Å². The third-order valence-electron chi connectivity index (χ3n) is 4.99. The van der Waals surface area contributed by atoms with Crippen LogP contribution in [0.4, 0.5) is 14.5 Å². The molecule has 2 aromatic rings. The van der Waals surface area contributed by atoms with Crippen molar-refractivity contribution in [1.29, 1.82) is 0 Å². The minimum absolute atomic E-state index is 0.0533. The van der Waals surface area contributed by atoms with Crippen molar-refractivity contribution in [3.05, 3.63) is 65.2 Å². The molecule has 5 nitrogen and oxygen atoms in total. The molecule has 2 aromatic carbocycles. The van der Waals surface area contributed by atoms with Gasteiger partial charge >= 0.3 is 0 Å². The number of hydrogen-bond donors (Lipinski definition) is 2. The number of aliphatic imine (C=N–C) groups is 1. The molecule has 156 valence electrons. The normalized spacial score (nSPS) is 17.1. The van der Waals surface area contributed by atoms with Gasteiger partial charge in [0.1, 0.15) is 17.3 Å². The van der Waals surface area contributed by atoms with Crippen LogP contribution in [0.2, 0.25) is 0 Å². The number of nitrogens with zero attached hydrogens (tertiary/aromatic N) is 3. The summed E-state index contributed by atoms with van der Waals surface area (Å²) in [6, 6.07) is 12.5. The molecule has 1 unspecified atom stereocenters. The SMILES string of the molecule is CN=C(NCc1ccc(CN(C)C)cc1)NC1CCN(c2c(F)cccc2F)C1. The Balaban J connectivity index is 1.52. The quantitative estimate of drug-likeness (QED) is 0.577. The predicted octanol–water partition coefficient (Wildman–Crippen LogP) is 2.97. The number of nitrogens with one attached hydrogen (secondary N) is 2. The Bertz CT molecular complexity index is 815. The molecule has 0 radical (unpaired) electrons. The van der Waals surface area contributed by atoms with Crippen molar-refractivity contribution in [3.63, 3.8) is 0 Å². The first-order valence-corrected chi connectivity index (χ1v) is 9.85. The highest BCUT2D eigenvalue weighted by Crippen LogP contribution is 2.26. The Labute approximate surface area is 171 Å². The summed E-state index contributed by atoms with van der Waals surface area (Å²) in [4.78, 5) is 8.16. The topological polar surface area (TPSA) is 42.9 Å². The second-order valence-corrected chi connectivity index (χ2v) is 7.63. The van der Waals surface area contributed by atoms with Crippen molar-refractivity contribution in [1.82, 2.24) is 15.5 Å². The molecule has 0 spiro atoms. The van der Waals surface area contributed by atoms with Crippen LogP contribution < -0.4 is 15.5 Å². The fourth-order valence-electron chi connectivity index (χ4n) is 3.57. The largest absolute Gasteiger partial charge is 0.365 e. The van der Waals surface area contributed by atoms with Gasteiger partial charge in [-0.3, -0.25) is 4.99 Å². The summed E-state index contributed by atoms with van der Waals surface area (Å²) >= 11 is 0. The van der Waals surface area contributed by atoms with E-state index in [1.54, 1.807) is 11.9 Å². The Kier molecular flexibility index (Phi) is 7.04. The first kappa shape index (κ1) is 21.0. The Morgan fingerprint density at radius 3 is 2.38 bits per heavy atom. The summed E-state index contributed by atoms with van der Waals surface area (Å²) in [5.41, 5.74) is 2.49. The number of para-hydroxylation sites is 1. The third-order valence-corrected chi connectivity index (χ3v) is 4.99. The van der Waals surface area contributed by atoms with Crippen LogP contribution in [0.3, 0.4) is 0 Å². The fourth-order valence-corrected chi connectivity index (χ4v) is 3.57. The Morgan fingerprint density at radius 2 is 1.76 bits per heavy atom. The molecule has 0 amide bonds. The molecule has 29 heavy (non-hydrogen) atoms. The number of rotatable bonds is 6. The van der Waals surface area contributed by atoms with Crippen molar-refractivity contribution in [2.45, 2.75) is 25.6 Å². The molecular formula is C22H29F2N5. The van der Waals surface area contributed by atoms with E-state index in [1.807, 2.05) is 0 Å². The molecule has 1 atom stereocenters. The maximum Gasteiger partial charge on any atom is 0.191 e. The number of guanidine groups is 1. The molecule has 1 fully saturated rings. The summed E-state index contributed by atoms with van der Waals surface area (Å²) in [7, 11) is 5.82. The van der Waals surface area contributed by atoms with Gasteiger partial charge in [-0.25, -0.2) is 8.78 Å². The summed E-state index contributed by atoms with van der Waals surface area (Å²) < 4.78 is 28.0. The van der Waals surface area contributed by atoms with Crippen molar-refractivity contribution < 1.29 is 8.78 Å². The maximum absolute atomic E-state index is 14.0. The maximum atomic E-state index is 14.0. The minimum atomic E-state index is -0.522. The summed E-state index contributed by atoms with van der Waals surface area (Å²) in [6.45, 7) is 2.69. The predicted molar refractivity (Wildman–Crippen MR) is 114 cm³/mol. The smallest absolute Gasteiger partial charge is 0.191 e. The Morgan fingerprint density at radius 1 is 1.10 bits per heavy atom. The third kappa shape index (κ3) is 5.67.